The van der Waals surface area contributed by atoms with Gasteiger partial charge in [0.05, 0.1) is 18.4 Å². The molecule has 0 unspecified atom stereocenters. The lowest BCUT2D eigenvalue weighted by Gasteiger charge is -1.96. The maximum Gasteiger partial charge on any atom is 0.315 e. The normalized spacial score (nSPS) is 16.4. The zero-order valence-electron chi connectivity index (χ0n) is 5.91. The number of nitrogens with one attached hydrogen (secondary N) is 1. The molecule has 0 radical (unpaired) electrons. The van der Waals surface area contributed by atoms with Gasteiger partial charge in [-0.3, -0.25) is 4.79 Å². The average molecular weight is 152 g/mol. The Kier molecular flexibility index (Phi) is 1.38. The van der Waals surface area contributed by atoms with Crippen LogP contribution in [0.2, 0.25) is 0 Å². The lowest BCUT2D eigenvalue weighted by Crippen LogP contribution is -2.09. The van der Waals surface area contributed by atoms with Gasteiger partial charge in [0.1, 0.15) is 0 Å². The molecular weight excluding hydrogens is 144 g/mol. The number of imidazole rings is 1. The smallest absolute Gasteiger partial charge is 0.315 e. The van der Waals surface area contributed by atoms with Gasteiger partial charge in [-0.2, -0.15) is 0 Å². The maximum absolute atomic E-state index is 11.0. The lowest BCUT2D eigenvalue weighted by molar-refractivity contribution is -0.136. The van der Waals surface area contributed by atoms with Crippen molar-refractivity contribution < 1.29 is 9.53 Å². The molecule has 0 aromatic carbocycles. The average Bonchev–Trinajstić information content (AvgIpc) is 2.73. The molecule has 1 aliphatic rings. The number of hydrogen-bond donors (Lipinski definition) is 1. The van der Waals surface area contributed by atoms with Crippen molar-refractivity contribution in [2.45, 2.75) is 12.8 Å². The van der Waals surface area contributed by atoms with Gasteiger partial charge in [-0.1, -0.05) is 0 Å². The van der Waals surface area contributed by atoms with E-state index in [1.54, 1.807) is 0 Å². The number of aromatic amines is 1. The highest BCUT2D eigenvalue weighted by Crippen LogP contribution is 2.30. The summed E-state index contributed by atoms with van der Waals surface area (Å²) in [6.07, 6.45) is 4.90. The molecule has 0 aliphatic heterocycles. The van der Waals surface area contributed by atoms with Gasteiger partial charge in [0.25, 0.3) is 0 Å². The van der Waals surface area contributed by atoms with E-state index in [1.165, 1.54) is 12.5 Å². The molecule has 1 N–H and O–H groups in total. The fraction of sp³-hybridized carbons (Fsp3) is 0.429. The van der Waals surface area contributed by atoms with Crippen molar-refractivity contribution in [3.63, 3.8) is 0 Å². The van der Waals surface area contributed by atoms with Gasteiger partial charge in [0, 0.05) is 0 Å². The molecule has 4 heteroatoms. The van der Waals surface area contributed by atoms with Crippen LogP contribution in [0.1, 0.15) is 12.8 Å². The zero-order valence-corrected chi connectivity index (χ0v) is 5.91. The molecule has 0 saturated heterocycles. The van der Waals surface area contributed by atoms with Crippen LogP contribution in [-0.4, -0.2) is 15.9 Å². The third kappa shape index (κ3) is 1.39. The second-order valence-corrected chi connectivity index (χ2v) is 2.61. The predicted molar refractivity (Wildman–Crippen MR) is 36.9 cm³/mol. The minimum absolute atomic E-state index is 0.137. The van der Waals surface area contributed by atoms with Gasteiger partial charge in [-0.05, 0) is 12.8 Å². The highest BCUT2D eigenvalue weighted by molar-refractivity contribution is 5.76. The number of rotatable bonds is 2. The number of carbonyl (C=O) groups is 1. The van der Waals surface area contributed by atoms with Crippen molar-refractivity contribution in [1.29, 1.82) is 0 Å². The number of H-pyrrole nitrogens is 1. The molecule has 1 saturated carbocycles. The highest BCUT2D eigenvalue weighted by Gasteiger charge is 2.31. The van der Waals surface area contributed by atoms with Gasteiger partial charge in [0.15, 0.2) is 0 Å². The predicted octanol–water partition coefficient (Wildman–Crippen LogP) is 0.725. The van der Waals surface area contributed by atoms with Crippen molar-refractivity contribution in [3.8, 4) is 5.88 Å². The molecule has 0 amide bonds. The third-order valence-electron chi connectivity index (χ3n) is 1.59. The largest absolute Gasteiger partial charge is 0.408 e. The fourth-order valence-electron chi connectivity index (χ4n) is 0.810. The Hall–Kier alpha value is -1.32. The first-order valence-electron chi connectivity index (χ1n) is 3.56. The number of nitrogens with zero attached hydrogens (tertiary/aromatic N) is 1. The van der Waals surface area contributed by atoms with Crippen LogP contribution < -0.4 is 4.74 Å². The summed E-state index contributed by atoms with van der Waals surface area (Å²) in [6.45, 7) is 0. The first-order chi connectivity index (χ1) is 5.36. The lowest BCUT2D eigenvalue weighted by atomic mass is 10.4. The second-order valence-electron chi connectivity index (χ2n) is 2.61. The molecular formula is C7H8N2O2. The Morgan fingerprint density at radius 1 is 1.73 bits per heavy atom. The van der Waals surface area contributed by atoms with Crippen LogP contribution >= 0.6 is 0 Å². The number of hydrogen-bond acceptors (Lipinski definition) is 3. The van der Waals surface area contributed by atoms with Crippen LogP contribution in [-0.2, 0) is 4.79 Å². The standard InChI is InChI=1S/C7H8N2O2/c10-7(5-1-2-5)11-6-3-8-4-9-6/h3-5H,1-2H2,(H,8,9). The molecule has 1 aromatic heterocycles. The summed E-state index contributed by atoms with van der Waals surface area (Å²) >= 11 is 0. The summed E-state index contributed by atoms with van der Waals surface area (Å²) in [5, 5.41) is 0. The van der Waals surface area contributed by atoms with Crippen molar-refractivity contribution in [3.05, 3.63) is 12.5 Å². The van der Waals surface area contributed by atoms with Crippen molar-refractivity contribution in [1.82, 2.24) is 9.97 Å². The molecule has 4 nitrogen and oxygen atoms in total. The summed E-state index contributed by atoms with van der Waals surface area (Å²) in [7, 11) is 0. The summed E-state index contributed by atoms with van der Waals surface area (Å²) < 4.78 is 4.92. The van der Waals surface area contributed by atoms with Gasteiger partial charge in [-0.15, -0.1) is 0 Å². The molecule has 0 bridgehead atoms. The van der Waals surface area contributed by atoms with E-state index in [2.05, 4.69) is 9.97 Å². The molecule has 2 rings (SSSR count). The Bertz CT molecular complexity index is 251. The molecule has 0 atom stereocenters. The molecule has 11 heavy (non-hydrogen) atoms. The van der Waals surface area contributed by atoms with Crippen LogP contribution in [0, 0.1) is 5.92 Å². The van der Waals surface area contributed by atoms with E-state index in [9.17, 15) is 4.79 Å². The molecule has 1 heterocycles. The second kappa shape index (κ2) is 2.38. The number of esters is 1. The highest BCUT2D eigenvalue weighted by atomic mass is 16.5. The minimum atomic E-state index is -0.144. The van der Waals surface area contributed by atoms with Crippen molar-refractivity contribution >= 4 is 5.97 Å². The van der Waals surface area contributed by atoms with Crippen molar-refractivity contribution in [2.24, 2.45) is 5.92 Å². The van der Waals surface area contributed by atoms with Gasteiger partial charge < -0.3 is 9.72 Å². The molecule has 0 spiro atoms. The van der Waals surface area contributed by atoms with Gasteiger partial charge in [0.2, 0.25) is 5.88 Å². The number of ether oxygens (including phenoxy) is 1. The van der Waals surface area contributed by atoms with E-state index in [0.29, 0.717) is 5.88 Å². The van der Waals surface area contributed by atoms with Gasteiger partial charge >= 0.3 is 5.97 Å². The third-order valence-corrected chi connectivity index (χ3v) is 1.59. The molecule has 1 aromatic rings. The van der Waals surface area contributed by atoms with Crippen molar-refractivity contribution in [2.75, 3.05) is 0 Å². The summed E-state index contributed by atoms with van der Waals surface area (Å²) in [4.78, 5) is 17.4. The van der Waals surface area contributed by atoms with Crippen LogP contribution in [0.25, 0.3) is 0 Å². The monoisotopic (exact) mass is 152 g/mol. The van der Waals surface area contributed by atoms with E-state index in [1.807, 2.05) is 0 Å². The summed E-state index contributed by atoms with van der Waals surface area (Å²) in [5.74, 6) is 0.425. The van der Waals surface area contributed by atoms with E-state index in [0.717, 1.165) is 12.8 Å². The van der Waals surface area contributed by atoms with Crippen LogP contribution in [0.3, 0.4) is 0 Å². The number of carbonyl (C=O) groups excluding carboxylic acids is 1. The summed E-state index contributed by atoms with van der Waals surface area (Å²) in [6, 6.07) is 0. The maximum atomic E-state index is 11.0. The SMILES string of the molecule is O=C(Oc1cnc[nH]1)C1CC1. The Labute approximate surface area is 63.6 Å². The minimum Gasteiger partial charge on any atom is -0.408 e. The zero-order chi connectivity index (χ0) is 7.68. The molecule has 58 valence electrons. The van der Waals surface area contributed by atoms with Gasteiger partial charge in [-0.25, -0.2) is 4.98 Å². The quantitative estimate of drug-likeness (QED) is 0.635. The molecule has 1 aliphatic carbocycles. The Morgan fingerprint density at radius 2 is 2.55 bits per heavy atom. The first-order valence-corrected chi connectivity index (χ1v) is 3.56. The fourth-order valence-corrected chi connectivity index (χ4v) is 0.810. The van der Waals surface area contributed by atoms with E-state index < -0.39 is 0 Å². The Balaban J connectivity index is 1.94. The first kappa shape index (κ1) is 6.39. The van der Waals surface area contributed by atoms with Crippen LogP contribution in [0.5, 0.6) is 5.88 Å². The molecule has 1 fully saturated rings. The topological polar surface area (TPSA) is 55.0 Å². The van der Waals surface area contributed by atoms with Crippen LogP contribution in [0.15, 0.2) is 12.5 Å². The van der Waals surface area contributed by atoms with E-state index >= 15 is 0 Å². The van der Waals surface area contributed by atoms with E-state index in [4.69, 9.17) is 4.74 Å². The van der Waals surface area contributed by atoms with E-state index in [-0.39, 0.29) is 11.9 Å². The number of aromatic nitrogens is 2. The Morgan fingerprint density at radius 3 is 3.09 bits per heavy atom. The summed E-state index contributed by atoms with van der Waals surface area (Å²) in [5.41, 5.74) is 0. The van der Waals surface area contributed by atoms with Crippen LogP contribution in [0.4, 0.5) is 0 Å².